The molecule has 0 atom stereocenters. The molecule has 0 amide bonds. The molecular weight excluding hydrogens is 212 g/mol. The summed E-state index contributed by atoms with van der Waals surface area (Å²) in [7, 11) is 0. The van der Waals surface area contributed by atoms with Gasteiger partial charge in [-0.2, -0.15) is 0 Å². The first-order chi connectivity index (χ1) is 8.23. The van der Waals surface area contributed by atoms with Gasteiger partial charge in [-0.25, -0.2) is 0 Å². The van der Waals surface area contributed by atoms with Crippen molar-refractivity contribution in [1.29, 1.82) is 0 Å². The van der Waals surface area contributed by atoms with Crippen LogP contribution in [0.4, 0.5) is 0 Å². The fourth-order valence-corrected chi connectivity index (χ4v) is 2.77. The molecule has 2 aromatic rings. The second-order valence-electron chi connectivity index (χ2n) is 4.96. The molecule has 0 unspecified atom stereocenters. The second-order valence-corrected chi connectivity index (χ2v) is 4.96. The smallest absolute Gasteiger partial charge is 0.0702 e. The van der Waals surface area contributed by atoms with Crippen molar-refractivity contribution in [3.8, 4) is 0 Å². The molecule has 1 heterocycles. The van der Waals surface area contributed by atoms with Gasteiger partial charge in [-0.1, -0.05) is 12.1 Å². The van der Waals surface area contributed by atoms with Crippen molar-refractivity contribution in [1.82, 2.24) is 4.98 Å². The van der Waals surface area contributed by atoms with Gasteiger partial charge in [0.05, 0.1) is 11.6 Å². The largest absolute Gasteiger partial charge is 0.393 e. The fourth-order valence-electron chi connectivity index (χ4n) is 2.77. The number of hydrogen-bond acceptors (Lipinski definition) is 3. The molecule has 88 valence electrons. The Labute approximate surface area is 100 Å². The Kier molecular flexibility index (Phi) is 2.38. The normalized spacial score (nSPS) is 28.0. The maximum Gasteiger partial charge on any atom is 0.0702 e. The van der Waals surface area contributed by atoms with Crippen LogP contribution < -0.4 is 5.73 Å². The molecule has 0 radical (unpaired) electrons. The summed E-state index contributed by atoms with van der Waals surface area (Å²) in [4.78, 5) is 4.31. The molecule has 0 aliphatic heterocycles. The number of aliphatic hydroxyl groups excluding tert-OH is 1. The highest BCUT2D eigenvalue weighted by Crippen LogP contribution is 2.43. The van der Waals surface area contributed by atoms with Gasteiger partial charge in [0.1, 0.15) is 0 Å². The van der Waals surface area contributed by atoms with Gasteiger partial charge < -0.3 is 10.8 Å². The minimum Gasteiger partial charge on any atom is -0.393 e. The number of hydrogen-bond donors (Lipinski definition) is 2. The highest BCUT2D eigenvalue weighted by atomic mass is 16.3. The van der Waals surface area contributed by atoms with Crippen LogP contribution >= 0.6 is 0 Å². The van der Waals surface area contributed by atoms with E-state index in [1.165, 1.54) is 5.56 Å². The zero-order valence-corrected chi connectivity index (χ0v) is 9.63. The van der Waals surface area contributed by atoms with Crippen LogP contribution in [0.3, 0.4) is 0 Å². The van der Waals surface area contributed by atoms with Crippen LogP contribution in [0.25, 0.3) is 10.9 Å². The average Bonchev–Trinajstić information content (AvgIpc) is 2.34. The summed E-state index contributed by atoms with van der Waals surface area (Å²) in [5.74, 6) is 0. The van der Waals surface area contributed by atoms with Gasteiger partial charge in [0, 0.05) is 23.5 Å². The first kappa shape index (κ1) is 10.7. The predicted molar refractivity (Wildman–Crippen MR) is 67.7 cm³/mol. The topological polar surface area (TPSA) is 59.1 Å². The van der Waals surface area contributed by atoms with E-state index in [9.17, 15) is 5.11 Å². The Morgan fingerprint density at radius 2 is 2.18 bits per heavy atom. The van der Waals surface area contributed by atoms with Gasteiger partial charge in [0.15, 0.2) is 0 Å². The SMILES string of the molecule is NCC1(c2ccc3ncccc3c2)CC(O)C1. The predicted octanol–water partition coefficient (Wildman–Crippen LogP) is 1.59. The van der Waals surface area contributed by atoms with Crippen molar-refractivity contribution < 1.29 is 5.11 Å². The summed E-state index contributed by atoms with van der Waals surface area (Å²) >= 11 is 0. The Morgan fingerprint density at radius 1 is 1.35 bits per heavy atom. The lowest BCUT2D eigenvalue weighted by Gasteiger charge is -2.45. The molecule has 3 heteroatoms. The second kappa shape index (κ2) is 3.79. The van der Waals surface area contributed by atoms with Crippen LogP contribution in [0.5, 0.6) is 0 Å². The molecule has 0 bridgehead atoms. The average molecular weight is 228 g/mol. The molecule has 1 fully saturated rings. The van der Waals surface area contributed by atoms with E-state index in [1.54, 1.807) is 6.20 Å². The Hall–Kier alpha value is -1.45. The van der Waals surface area contributed by atoms with Crippen molar-refractivity contribution in [2.45, 2.75) is 24.4 Å². The highest BCUT2D eigenvalue weighted by molar-refractivity contribution is 5.79. The molecule has 0 saturated heterocycles. The standard InChI is InChI=1S/C14H16N2O/c15-9-14(7-12(17)8-14)11-3-4-13-10(6-11)2-1-5-16-13/h1-6,12,17H,7-9,15H2. The van der Waals surface area contributed by atoms with E-state index >= 15 is 0 Å². The van der Waals surface area contributed by atoms with Gasteiger partial charge in [0.25, 0.3) is 0 Å². The third-order valence-corrected chi connectivity index (χ3v) is 3.86. The minimum atomic E-state index is -0.192. The molecule has 1 aromatic carbocycles. The maximum atomic E-state index is 9.52. The third kappa shape index (κ3) is 1.63. The van der Waals surface area contributed by atoms with Gasteiger partial charge in [-0.05, 0) is 36.6 Å². The monoisotopic (exact) mass is 228 g/mol. The van der Waals surface area contributed by atoms with E-state index in [0.717, 1.165) is 23.7 Å². The molecule has 0 spiro atoms. The lowest BCUT2D eigenvalue weighted by molar-refractivity contribution is 0.0222. The van der Waals surface area contributed by atoms with Gasteiger partial charge in [0.2, 0.25) is 0 Å². The molecule has 1 saturated carbocycles. The maximum absolute atomic E-state index is 9.52. The Morgan fingerprint density at radius 3 is 2.88 bits per heavy atom. The van der Waals surface area contributed by atoms with Crippen LogP contribution in [-0.4, -0.2) is 22.7 Å². The van der Waals surface area contributed by atoms with Crippen molar-refractivity contribution >= 4 is 10.9 Å². The van der Waals surface area contributed by atoms with Crippen LogP contribution in [0.1, 0.15) is 18.4 Å². The summed E-state index contributed by atoms with van der Waals surface area (Å²) in [6.45, 7) is 0.593. The summed E-state index contributed by atoms with van der Waals surface area (Å²) in [6.07, 6.45) is 3.15. The quantitative estimate of drug-likeness (QED) is 0.820. The zero-order valence-electron chi connectivity index (χ0n) is 9.63. The van der Waals surface area contributed by atoms with Crippen LogP contribution in [0, 0.1) is 0 Å². The van der Waals surface area contributed by atoms with E-state index in [-0.39, 0.29) is 11.5 Å². The van der Waals surface area contributed by atoms with Crippen LogP contribution in [0.2, 0.25) is 0 Å². The third-order valence-electron chi connectivity index (χ3n) is 3.86. The van der Waals surface area contributed by atoms with E-state index < -0.39 is 0 Å². The first-order valence-corrected chi connectivity index (χ1v) is 5.97. The molecule has 3 N–H and O–H groups in total. The molecule has 1 aliphatic rings. The lowest BCUT2D eigenvalue weighted by Crippen LogP contribution is -2.49. The van der Waals surface area contributed by atoms with Crippen molar-refractivity contribution in [3.63, 3.8) is 0 Å². The van der Waals surface area contributed by atoms with E-state index in [1.807, 2.05) is 12.1 Å². The summed E-state index contributed by atoms with van der Waals surface area (Å²) in [5.41, 5.74) is 8.09. The van der Waals surface area contributed by atoms with Crippen molar-refractivity contribution in [2.24, 2.45) is 5.73 Å². The van der Waals surface area contributed by atoms with Crippen LogP contribution in [0.15, 0.2) is 36.5 Å². The lowest BCUT2D eigenvalue weighted by atomic mass is 9.62. The number of fused-ring (bicyclic) bond motifs is 1. The number of benzene rings is 1. The highest BCUT2D eigenvalue weighted by Gasteiger charge is 2.43. The minimum absolute atomic E-state index is 0.0244. The number of rotatable bonds is 2. The summed E-state index contributed by atoms with van der Waals surface area (Å²) in [6, 6.07) is 10.3. The van der Waals surface area contributed by atoms with Gasteiger partial charge >= 0.3 is 0 Å². The van der Waals surface area contributed by atoms with E-state index in [4.69, 9.17) is 5.73 Å². The molecule has 3 nitrogen and oxygen atoms in total. The number of pyridine rings is 1. The number of nitrogens with two attached hydrogens (primary N) is 1. The summed E-state index contributed by atoms with van der Waals surface area (Å²) in [5, 5.41) is 10.7. The Bertz CT molecular complexity index is 547. The zero-order chi connectivity index (χ0) is 11.9. The van der Waals surface area contributed by atoms with Gasteiger partial charge in [-0.3, -0.25) is 4.98 Å². The first-order valence-electron chi connectivity index (χ1n) is 5.97. The Balaban J connectivity index is 2.06. The van der Waals surface area contributed by atoms with E-state index in [0.29, 0.717) is 6.54 Å². The molecule has 1 aromatic heterocycles. The number of aromatic nitrogens is 1. The van der Waals surface area contributed by atoms with Crippen molar-refractivity contribution in [3.05, 3.63) is 42.1 Å². The van der Waals surface area contributed by atoms with E-state index in [2.05, 4.69) is 23.2 Å². The number of aliphatic hydroxyl groups is 1. The molecule has 1 aliphatic carbocycles. The van der Waals surface area contributed by atoms with Crippen molar-refractivity contribution in [2.75, 3.05) is 6.54 Å². The molecule has 3 rings (SSSR count). The fraction of sp³-hybridized carbons (Fsp3) is 0.357. The molecular formula is C14H16N2O. The molecule has 17 heavy (non-hydrogen) atoms. The number of nitrogens with zero attached hydrogens (tertiary/aromatic N) is 1. The summed E-state index contributed by atoms with van der Waals surface area (Å²) < 4.78 is 0. The van der Waals surface area contributed by atoms with Crippen LogP contribution in [-0.2, 0) is 5.41 Å². The van der Waals surface area contributed by atoms with Gasteiger partial charge in [-0.15, -0.1) is 0 Å².